The van der Waals surface area contributed by atoms with Crippen LogP contribution in [0.25, 0.3) is 0 Å². The van der Waals surface area contributed by atoms with Crippen molar-refractivity contribution in [2.45, 2.75) is 19.4 Å². The molecule has 0 spiro atoms. The van der Waals surface area contributed by atoms with Crippen LogP contribution in [-0.4, -0.2) is 37.9 Å². The lowest BCUT2D eigenvalue weighted by molar-refractivity contribution is -0.172. The molecule has 1 aliphatic heterocycles. The molecule has 1 saturated heterocycles. The molecule has 78 valence electrons. The van der Waals surface area contributed by atoms with Crippen molar-refractivity contribution < 1.29 is 14.3 Å². The van der Waals surface area contributed by atoms with E-state index in [4.69, 9.17) is 9.47 Å². The van der Waals surface area contributed by atoms with Crippen LogP contribution in [0.5, 0.6) is 0 Å². The van der Waals surface area contributed by atoms with E-state index in [2.05, 4.69) is 5.32 Å². The summed E-state index contributed by atoms with van der Waals surface area (Å²) in [4.78, 5) is 11.3. The van der Waals surface area contributed by atoms with Crippen molar-refractivity contribution in [3.8, 4) is 0 Å². The third-order valence-electron chi connectivity index (χ3n) is 1.87. The first kappa shape index (κ1) is 12.7. The molecule has 1 rings (SSSR count). The van der Waals surface area contributed by atoms with Crippen LogP contribution in [0.3, 0.4) is 0 Å². The minimum atomic E-state index is -0.783. The molecular formula is C8H16ClNO3. The van der Waals surface area contributed by atoms with E-state index < -0.39 is 5.60 Å². The van der Waals surface area contributed by atoms with Gasteiger partial charge in [-0.15, -0.1) is 12.4 Å². The fourth-order valence-corrected chi connectivity index (χ4v) is 1.14. The van der Waals surface area contributed by atoms with E-state index in [1.165, 1.54) is 0 Å². The molecule has 0 aromatic rings. The fourth-order valence-electron chi connectivity index (χ4n) is 1.14. The van der Waals surface area contributed by atoms with Gasteiger partial charge in [0.1, 0.15) is 0 Å². The quantitative estimate of drug-likeness (QED) is 0.667. The summed E-state index contributed by atoms with van der Waals surface area (Å²) in [5.41, 5.74) is -0.783. The monoisotopic (exact) mass is 209 g/mol. The maximum Gasteiger partial charge on any atom is 0.339 e. The van der Waals surface area contributed by atoms with Crippen molar-refractivity contribution >= 4 is 18.4 Å². The molecule has 0 aromatic carbocycles. The van der Waals surface area contributed by atoms with Gasteiger partial charge in [0.15, 0.2) is 5.60 Å². The van der Waals surface area contributed by atoms with Crippen LogP contribution in [0.2, 0.25) is 0 Å². The highest BCUT2D eigenvalue weighted by Crippen LogP contribution is 2.13. The standard InChI is InChI=1S/C8H15NO3.ClH/c1-3-11-7(10)8(2)6-9-4-5-12-8;/h9H,3-6H2,1-2H3;1H. The predicted molar refractivity (Wildman–Crippen MR) is 51.1 cm³/mol. The smallest absolute Gasteiger partial charge is 0.339 e. The van der Waals surface area contributed by atoms with Gasteiger partial charge in [0.25, 0.3) is 0 Å². The molecule has 0 saturated carbocycles. The minimum Gasteiger partial charge on any atom is -0.464 e. The van der Waals surface area contributed by atoms with Gasteiger partial charge in [-0.05, 0) is 13.8 Å². The largest absolute Gasteiger partial charge is 0.464 e. The predicted octanol–water partition coefficient (Wildman–Crippen LogP) is 0.350. The van der Waals surface area contributed by atoms with Crippen LogP contribution in [0.15, 0.2) is 0 Å². The van der Waals surface area contributed by atoms with Gasteiger partial charge < -0.3 is 14.8 Å². The van der Waals surface area contributed by atoms with Crippen LogP contribution in [0, 0.1) is 0 Å². The molecule has 0 aliphatic carbocycles. The average Bonchev–Trinajstić information content (AvgIpc) is 2.06. The van der Waals surface area contributed by atoms with Crippen molar-refractivity contribution in [2.75, 3.05) is 26.3 Å². The summed E-state index contributed by atoms with van der Waals surface area (Å²) in [5.74, 6) is -0.280. The summed E-state index contributed by atoms with van der Waals surface area (Å²) in [5, 5.41) is 3.09. The third-order valence-corrected chi connectivity index (χ3v) is 1.87. The maximum atomic E-state index is 11.3. The van der Waals surface area contributed by atoms with E-state index in [1.54, 1.807) is 13.8 Å². The molecule has 1 aliphatic rings. The number of hydrogen-bond donors (Lipinski definition) is 1. The van der Waals surface area contributed by atoms with Gasteiger partial charge in [0, 0.05) is 13.1 Å². The normalized spacial score (nSPS) is 27.5. The molecule has 0 amide bonds. The second kappa shape index (κ2) is 5.42. The topological polar surface area (TPSA) is 47.6 Å². The number of ether oxygens (including phenoxy) is 2. The third kappa shape index (κ3) is 3.14. The highest BCUT2D eigenvalue weighted by atomic mass is 35.5. The highest BCUT2D eigenvalue weighted by Gasteiger charge is 2.37. The number of carbonyl (C=O) groups is 1. The summed E-state index contributed by atoms with van der Waals surface area (Å²) < 4.78 is 10.2. The maximum absolute atomic E-state index is 11.3. The zero-order chi connectivity index (χ0) is 9.03. The van der Waals surface area contributed by atoms with E-state index >= 15 is 0 Å². The average molecular weight is 210 g/mol. The molecular weight excluding hydrogens is 194 g/mol. The Kier molecular flexibility index (Phi) is 5.29. The first-order valence-electron chi connectivity index (χ1n) is 4.21. The lowest BCUT2D eigenvalue weighted by atomic mass is 10.1. The molecule has 1 N–H and O–H groups in total. The summed E-state index contributed by atoms with van der Waals surface area (Å²) >= 11 is 0. The Labute approximate surface area is 84.4 Å². The van der Waals surface area contributed by atoms with Crippen molar-refractivity contribution in [1.82, 2.24) is 5.32 Å². The van der Waals surface area contributed by atoms with Gasteiger partial charge in [0.2, 0.25) is 0 Å². The molecule has 13 heavy (non-hydrogen) atoms. The highest BCUT2D eigenvalue weighted by molar-refractivity contribution is 5.85. The Bertz CT molecular complexity index is 169. The number of esters is 1. The number of morpholine rings is 1. The van der Waals surface area contributed by atoms with Crippen LogP contribution >= 0.6 is 12.4 Å². The number of halogens is 1. The van der Waals surface area contributed by atoms with Crippen LogP contribution in [0.4, 0.5) is 0 Å². The zero-order valence-electron chi connectivity index (χ0n) is 7.96. The van der Waals surface area contributed by atoms with Gasteiger partial charge in [-0.25, -0.2) is 4.79 Å². The van der Waals surface area contributed by atoms with Gasteiger partial charge in [-0.3, -0.25) is 0 Å². The summed E-state index contributed by atoms with van der Waals surface area (Å²) in [6.07, 6.45) is 0. The van der Waals surface area contributed by atoms with Gasteiger partial charge >= 0.3 is 5.97 Å². The number of nitrogens with one attached hydrogen (secondary N) is 1. The Morgan fingerprint density at radius 1 is 1.69 bits per heavy atom. The Morgan fingerprint density at radius 3 is 2.85 bits per heavy atom. The van der Waals surface area contributed by atoms with Gasteiger partial charge in [-0.2, -0.15) is 0 Å². The second-order valence-electron chi connectivity index (χ2n) is 2.98. The molecule has 4 nitrogen and oxygen atoms in total. The van der Waals surface area contributed by atoms with E-state index in [-0.39, 0.29) is 18.4 Å². The molecule has 5 heteroatoms. The molecule has 1 fully saturated rings. The Hall–Kier alpha value is -0.320. The molecule has 0 bridgehead atoms. The second-order valence-corrected chi connectivity index (χ2v) is 2.98. The number of rotatable bonds is 2. The lowest BCUT2D eigenvalue weighted by Gasteiger charge is -2.31. The number of carbonyl (C=O) groups excluding carboxylic acids is 1. The van der Waals surface area contributed by atoms with E-state index in [0.29, 0.717) is 19.8 Å². The van der Waals surface area contributed by atoms with E-state index in [1.807, 2.05) is 0 Å². The van der Waals surface area contributed by atoms with Crippen molar-refractivity contribution in [2.24, 2.45) is 0 Å². The summed E-state index contributed by atoms with van der Waals surface area (Å²) in [6, 6.07) is 0. The van der Waals surface area contributed by atoms with Crippen molar-refractivity contribution in [3.63, 3.8) is 0 Å². The first-order valence-corrected chi connectivity index (χ1v) is 4.21. The Balaban J connectivity index is 0.00000144. The number of hydrogen-bond acceptors (Lipinski definition) is 4. The molecule has 0 aromatic heterocycles. The van der Waals surface area contributed by atoms with E-state index in [0.717, 1.165) is 6.54 Å². The molecule has 1 atom stereocenters. The molecule has 1 unspecified atom stereocenters. The van der Waals surface area contributed by atoms with Crippen LogP contribution < -0.4 is 5.32 Å². The SMILES string of the molecule is CCOC(=O)C1(C)CNCCO1.Cl. The lowest BCUT2D eigenvalue weighted by Crippen LogP contribution is -2.53. The van der Waals surface area contributed by atoms with Crippen molar-refractivity contribution in [1.29, 1.82) is 0 Å². The fraction of sp³-hybridized carbons (Fsp3) is 0.875. The Morgan fingerprint density at radius 2 is 2.38 bits per heavy atom. The van der Waals surface area contributed by atoms with Crippen molar-refractivity contribution in [3.05, 3.63) is 0 Å². The first-order chi connectivity index (χ1) is 5.69. The molecule has 1 heterocycles. The van der Waals surface area contributed by atoms with E-state index in [9.17, 15) is 4.79 Å². The van der Waals surface area contributed by atoms with Gasteiger partial charge in [0.05, 0.1) is 13.2 Å². The summed E-state index contributed by atoms with van der Waals surface area (Å²) in [7, 11) is 0. The minimum absolute atomic E-state index is 0. The van der Waals surface area contributed by atoms with Crippen LogP contribution in [0.1, 0.15) is 13.8 Å². The molecule has 0 radical (unpaired) electrons. The zero-order valence-corrected chi connectivity index (χ0v) is 8.78. The summed E-state index contributed by atoms with van der Waals surface area (Å²) in [6.45, 7) is 5.84. The van der Waals surface area contributed by atoms with Crippen LogP contribution in [-0.2, 0) is 14.3 Å². The van der Waals surface area contributed by atoms with Gasteiger partial charge in [-0.1, -0.05) is 0 Å².